The van der Waals surface area contributed by atoms with Crippen LogP contribution in [0.5, 0.6) is 0 Å². The lowest BCUT2D eigenvalue weighted by Crippen LogP contribution is -2.26. The summed E-state index contributed by atoms with van der Waals surface area (Å²) in [7, 11) is 1.27. The van der Waals surface area contributed by atoms with Gasteiger partial charge in [0.05, 0.1) is 11.1 Å². The molecule has 0 aromatic carbocycles. The van der Waals surface area contributed by atoms with Gasteiger partial charge in [-0.05, 0) is 13.8 Å². The van der Waals surface area contributed by atoms with Crippen molar-refractivity contribution in [1.82, 2.24) is 5.32 Å². The SMILES string of the molecule is C[B]OC(=O)C1=C(C)NC(C)=C(C(=O)O)C1. The van der Waals surface area contributed by atoms with Crippen molar-refractivity contribution in [3.05, 3.63) is 22.5 Å². The Bertz CT molecular complexity index is 398. The maximum absolute atomic E-state index is 11.5. The van der Waals surface area contributed by atoms with Gasteiger partial charge in [-0.2, -0.15) is 0 Å². The number of nitrogens with one attached hydrogen (secondary N) is 1. The molecule has 6 heteroatoms. The second-order valence-corrected chi connectivity index (χ2v) is 3.46. The van der Waals surface area contributed by atoms with E-state index in [1.165, 1.54) is 7.48 Å². The predicted octanol–water partition coefficient (Wildman–Crippen LogP) is 0.823. The van der Waals surface area contributed by atoms with Gasteiger partial charge in [-0.25, -0.2) is 9.59 Å². The van der Waals surface area contributed by atoms with Crippen LogP contribution in [0.3, 0.4) is 0 Å². The number of rotatable bonds is 3. The Morgan fingerprint density at radius 1 is 1.31 bits per heavy atom. The predicted molar refractivity (Wildman–Crippen MR) is 58.5 cm³/mol. The lowest BCUT2D eigenvalue weighted by molar-refractivity contribution is -0.132. The first-order chi connectivity index (χ1) is 7.47. The number of allylic oxidation sites excluding steroid dienone is 2. The highest BCUT2D eigenvalue weighted by Crippen LogP contribution is 2.23. The fraction of sp³-hybridized carbons (Fsp3) is 0.400. The molecule has 0 unspecified atom stereocenters. The minimum Gasteiger partial charge on any atom is -0.536 e. The Kier molecular flexibility index (Phi) is 3.76. The molecule has 0 saturated heterocycles. The van der Waals surface area contributed by atoms with Crippen molar-refractivity contribution < 1.29 is 19.3 Å². The summed E-state index contributed by atoms with van der Waals surface area (Å²) in [6.07, 6.45) is 0.0900. The fourth-order valence-electron chi connectivity index (χ4n) is 1.51. The summed E-state index contributed by atoms with van der Waals surface area (Å²) >= 11 is 0. The summed E-state index contributed by atoms with van der Waals surface area (Å²) in [5, 5.41) is 11.8. The van der Waals surface area contributed by atoms with Crippen molar-refractivity contribution in [2.45, 2.75) is 27.1 Å². The number of hydrogen-bond acceptors (Lipinski definition) is 4. The van der Waals surface area contributed by atoms with Gasteiger partial charge in [0.2, 0.25) is 0 Å². The highest BCUT2D eigenvalue weighted by Gasteiger charge is 2.25. The van der Waals surface area contributed by atoms with Gasteiger partial charge < -0.3 is 15.1 Å². The molecule has 1 rings (SSSR count). The van der Waals surface area contributed by atoms with E-state index < -0.39 is 11.9 Å². The summed E-state index contributed by atoms with van der Waals surface area (Å²) in [5.74, 6) is -1.54. The van der Waals surface area contributed by atoms with Crippen LogP contribution < -0.4 is 5.32 Å². The molecule has 0 fully saturated rings. The first-order valence-electron chi connectivity index (χ1n) is 4.86. The number of carbonyl (C=O) groups excluding carboxylic acids is 1. The van der Waals surface area contributed by atoms with E-state index in [1.54, 1.807) is 20.7 Å². The van der Waals surface area contributed by atoms with Crippen LogP contribution in [0.1, 0.15) is 20.3 Å². The van der Waals surface area contributed by atoms with Crippen molar-refractivity contribution in [3.63, 3.8) is 0 Å². The summed E-state index contributed by atoms with van der Waals surface area (Å²) in [4.78, 5) is 22.4. The van der Waals surface area contributed by atoms with Crippen LogP contribution in [0, 0.1) is 0 Å². The molecule has 85 valence electrons. The molecule has 0 aliphatic carbocycles. The number of carboxylic acid groups (broad SMARTS) is 1. The van der Waals surface area contributed by atoms with Gasteiger partial charge >= 0.3 is 19.4 Å². The molecule has 2 N–H and O–H groups in total. The molecule has 5 nitrogen and oxygen atoms in total. The highest BCUT2D eigenvalue weighted by molar-refractivity contribution is 6.29. The molecule has 0 bridgehead atoms. The van der Waals surface area contributed by atoms with Gasteiger partial charge in [0.25, 0.3) is 0 Å². The fourth-order valence-corrected chi connectivity index (χ4v) is 1.51. The Balaban J connectivity index is 2.93. The third-order valence-electron chi connectivity index (χ3n) is 2.36. The lowest BCUT2D eigenvalue weighted by atomic mass is 9.97. The maximum atomic E-state index is 11.5. The zero-order valence-electron chi connectivity index (χ0n) is 9.46. The van der Waals surface area contributed by atoms with Crippen LogP contribution in [0.2, 0.25) is 6.82 Å². The molecule has 0 amide bonds. The van der Waals surface area contributed by atoms with Crippen molar-refractivity contribution in [2.24, 2.45) is 0 Å². The summed E-state index contributed by atoms with van der Waals surface area (Å²) in [6, 6.07) is 0. The van der Waals surface area contributed by atoms with Crippen LogP contribution >= 0.6 is 0 Å². The maximum Gasteiger partial charge on any atom is 0.370 e. The van der Waals surface area contributed by atoms with Crippen molar-refractivity contribution in [2.75, 3.05) is 0 Å². The summed E-state index contributed by atoms with van der Waals surface area (Å²) < 4.78 is 4.74. The lowest BCUT2D eigenvalue weighted by Gasteiger charge is -2.21. The Labute approximate surface area is 94.4 Å². The van der Waals surface area contributed by atoms with Crippen LogP contribution in [-0.2, 0) is 14.2 Å². The van der Waals surface area contributed by atoms with Gasteiger partial charge in [-0.3, -0.25) is 0 Å². The van der Waals surface area contributed by atoms with E-state index >= 15 is 0 Å². The molecule has 0 atom stereocenters. The second kappa shape index (κ2) is 4.87. The largest absolute Gasteiger partial charge is 0.536 e. The molecule has 1 aliphatic heterocycles. The number of dihydropyridines is 1. The van der Waals surface area contributed by atoms with Crippen molar-refractivity contribution in [3.8, 4) is 0 Å². The topological polar surface area (TPSA) is 75.6 Å². The van der Waals surface area contributed by atoms with Gasteiger partial charge in [0.1, 0.15) is 0 Å². The quantitative estimate of drug-likeness (QED) is 0.691. The van der Waals surface area contributed by atoms with E-state index in [0.29, 0.717) is 17.0 Å². The van der Waals surface area contributed by atoms with E-state index in [1.807, 2.05) is 0 Å². The molecule has 1 aliphatic rings. The molecular weight excluding hydrogens is 209 g/mol. The normalized spacial score (nSPS) is 15.7. The standard InChI is InChI=1S/C10H13BNO4/c1-5-7(9(13)14)4-8(6(2)12-5)10(15)16-11-3/h12H,4H2,1-3H3,(H,13,14). The van der Waals surface area contributed by atoms with Gasteiger partial charge in [-0.1, -0.05) is 6.82 Å². The third kappa shape index (κ3) is 2.45. The van der Waals surface area contributed by atoms with E-state index in [4.69, 9.17) is 9.76 Å². The van der Waals surface area contributed by atoms with E-state index in [-0.39, 0.29) is 12.0 Å². The monoisotopic (exact) mass is 222 g/mol. The Morgan fingerprint density at radius 3 is 2.38 bits per heavy atom. The number of carboxylic acids is 1. The number of carbonyl (C=O) groups is 2. The number of aliphatic carboxylic acids is 1. The van der Waals surface area contributed by atoms with E-state index in [9.17, 15) is 9.59 Å². The first kappa shape index (κ1) is 12.4. The van der Waals surface area contributed by atoms with Gasteiger partial charge in [0, 0.05) is 17.8 Å². The molecule has 16 heavy (non-hydrogen) atoms. The molecule has 1 heterocycles. The molecule has 0 aromatic rings. The van der Waals surface area contributed by atoms with Gasteiger partial charge in [-0.15, -0.1) is 0 Å². The van der Waals surface area contributed by atoms with Crippen molar-refractivity contribution >= 4 is 19.4 Å². The minimum absolute atomic E-state index is 0.0900. The van der Waals surface area contributed by atoms with Crippen LogP contribution in [-0.4, -0.2) is 24.5 Å². The average Bonchev–Trinajstić information content (AvgIpc) is 2.17. The number of hydrogen-bond donors (Lipinski definition) is 2. The zero-order chi connectivity index (χ0) is 12.3. The smallest absolute Gasteiger partial charge is 0.370 e. The van der Waals surface area contributed by atoms with Gasteiger partial charge in [0.15, 0.2) is 0 Å². The van der Waals surface area contributed by atoms with E-state index in [2.05, 4.69) is 5.32 Å². The van der Waals surface area contributed by atoms with Crippen molar-refractivity contribution in [1.29, 1.82) is 0 Å². The highest BCUT2D eigenvalue weighted by atomic mass is 16.5. The average molecular weight is 222 g/mol. The third-order valence-corrected chi connectivity index (χ3v) is 2.36. The van der Waals surface area contributed by atoms with E-state index in [0.717, 1.165) is 0 Å². The second-order valence-electron chi connectivity index (χ2n) is 3.46. The summed E-state index contributed by atoms with van der Waals surface area (Å²) in [6.45, 7) is 4.97. The summed E-state index contributed by atoms with van der Waals surface area (Å²) in [5.41, 5.74) is 1.73. The molecule has 0 spiro atoms. The Hall–Kier alpha value is -1.72. The zero-order valence-corrected chi connectivity index (χ0v) is 9.46. The van der Waals surface area contributed by atoms with Crippen LogP contribution in [0.4, 0.5) is 0 Å². The van der Waals surface area contributed by atoms with Crippen LogP contribution in [0.25, 0.3) is 0 Å². The molecule has 0 saturated carbocycles. The van der Waals surface area contributed by atoms with Crippen LogP contribution in [0.15, 0.2) is 22.5 Å². The molecule has 1 radical (unpaired) electrons. The minimum atomic E-state index is -1.02. The molecule has 0 aromatic heterocycles. The first-order valence-corrected chi connectivity index (χ1v) is 4.86. The molecular formula is C10H13BNO4. The Morgan fingerprint density at radius 2 is 1.88 bits per heavy atom.